The van der Waals surface area contributed by atoms with Gasteiger partial charge in [0.25, 0.3) is 0 Å². The van der Waals surface area contributed by atoms with E-state index in [1.807, 2.05) is 0 Å². The third kappa shape index (κ3) is 2.17. The van der Waals surface area contributed by atoms with E-state index in [4.69, 9.17) is 5.11 Å². The zero-order valence-corrected chi connectivity index (χ0v) is 9.79. The van der Waals surface area contributed by atoms with Crippen molar-refractivity contribution in [2.75, 3.05) is 25.0 Å². The zero-order valence-electron chi connectivity index (χ0n) is 9.79. The molecule has 0 saturated carbocycles. The SMILES string of the molecule is CN1CC(=O)N(c2ccc(C(=O)O)cc2)CC1=O. The summed E-state index contributed by atoms with van der Waals surface area (Å²) in [4.78, 5) is 36.7. The van der Waals surface area contributed by atoms with Crippen molar-refractivity contribution in [2.24, 2.45) is 0 Å². The highest BCUT2D eigenvalue weighted by Gasteiger charge is 2.28. The first kappa shape index (κ1) is 12.1. The number of carboxylic acid groups (broad SMARTS) is 1. The van der Waals surface area contributed by atoms with Crippen LogP contribution in [0.2, 0.25) is 0 Å². The lowest BCUT2D eigenvalue weighted by molar-refractivity contribution is -0.136. The molecule has 0 atom stereocenters. The summed E-state index contributed by atoms with van der Waals surface area (Å²) in [6.07, 6.45) is 0. The van der Waals surface area contributed by atoms with Crippen molar-refractivity contribution in [3.63, 3.8) is 0 Å². The Morgan fingerprint density at radius 3 is 2.28 bits per heavy atom. The zero-order chi connectivity index (χ0) is 13.3. The number of nitrogens with zero attached hydrogens (tertiary/aromatic N) is 2. The van der Waals surface area contributed by atoms with Gasteiger partial charge < -0.3 is 14.9 Å². The second-order valence-corrected chi connectivity index (χ2v) is 4.08. The van der Waals surface area contributed by atoms with Crippen LogP contribution in [-0.4, -0.2) is 47.9 Å². The van der Waals surface area contributed by atoms with Crippen molar-refractivity contribution in [1.29, 1.82) is 0 Å². The first-order chi connectivity index (χ1) is 8.49. The molecule has 18 heavy (non-hydrogen) atoms. The number of hydrogen-bond donors (Lipinski definition) is 1. The predicted octanol–water partition coefficient (Wildman–Crippen LogP) is 0.190. The monoisotopic (exact) mass is 248 g/mol. The van der Waals surface area contributed by atoms with Gasteiger partial charge in [-0.1, -0.05) is 0 Å². The molecular weight excluding hydrogens is 236 g/mol. The summed E-state index contributed by atoms with van der Waals surface area (Å²) in [7, 11) is 1.57. The minimum Gasteiger partial charge on any atom is -0.478 e. The summed E-state index contributed by atoms with van der Waals surface area (Å²) in [6.45, 7) is 0.0290. The van der Waals surface area contributed by atoms with Crippen molar-refractivity contribution in [3.05, 3.63) is 29.8 Å². The highest BCUT2D eigenvalue weighted by molar-refractivity contribution is 6.04. The lowest BCUT2D eigenvalue weighted by Gasteiger charge is -2.31. The fourth-order valence-corrected chi connectivity index (χ4v) is 1.74. The van der Waals surface area contributed by atoms with Gasteiger partial charge in [-0.05, 0) is 24.3 Å². The Kier molecular flexibility index (Phi) is 3.01. The van der Waals surface area contributed by atoms with Crippen molar-refractivity contribution < 1.29 is 19.5 Å². The molecule has 0 unspecified atom stereocenters. The number of benzene rings is 1. The number of hydrogen-bond acceptors (Lipinski definition) is 3. The third-order valence-corrected chi connectivity index (χ3v) is 2.82. The van der Waals surface area contributed by atoms with Crippen molar-refractivity contribution in [3.8, 4) is 0 Å². The predicted molar refractivity (Wildman–Crippen MR) is 63.4 cm³/mol. The fourth-order valence-electron chi connectivity index (χ4n) is 1.74. The lowest BCUT2D eigenvalue weighted by atomic mass is 10.2. The van der Waals surface area contributed by atoms with E-state index in [0.29, 0.717) is 5.69 Å². The fraction of sp³-hybridized carbons (Fsp3) is 0.250. The molecule has 1 aromatic carbocycles. The molecule has 0 bridgehead atoms. The molecule has 1 heterocycles. The van der Waals surface area contributed by atoms with Crippen LogP contribution in [-0.2, 0) is 9.59 Å². The van der Waals surface area contributed by atoms with Crippen LogP contribution in [0.3, 0.4) is 0 Å². The van der Waals surface area contributed by atoms with Crippen LogP contribution in [0, 0.1) is 0 Å². The van der Waals surface area contributed by atoms with Crippen molar-refractivity contribution in [1.82, 2.24) is 4.90 Å². The summed E-state index contributed by atoms with van der Waals surface area (Å²) < 4.78 is 0. The van der Waals surface area contributed by atoms with E-state index >= 15 is 0 Å². The van der Waals surface area contributed by atoms with Gasteiger partial charge in [-0.25, -0.2) is 4.79 Å². The largest absolute Gasteiger partial charge is 0.478 e. The normalized spacial score (nSPS) is 16.1. The van der Waals surface area contributed by atoms with Gasteiger partial charge >= 0.3 is 5.97 Å². The first-order valence-corrected chi connectivity index (χ1v) is 5.36. The summed E-state index contributed by atoms with van der Waals surface area (Å²) in [5, 5.41) is 8.77. The Bertz CT molecular complexity index is 509. The van der Waals surface area contributed by atoms with E-state index in [1.54, 1.807) is 7.05 Å². The number of amides is 2. The average molecular weight is 248 g/mol. The molecule has 0 spiro atoms. The van der Waals surface area contributed by atoms with E-state index in [2.05, 4.69) is 0 Å². The minimum absolute atomic E-state index is 0.0122. The maximum Gasteiger partial charge on any atom is 0.335 e. The highest BCUT2D eigenvalue weighted by atomic mass is 16.4. The number of carboxylic acids is 1. The maximum atomic E-state index is 11.8. The van der Waals surface area contributed by atoms with E-state index in [1.165, 1.54) is 34.1 Å². The summed E-state index contributed by atoms with van der Waals surface area (Å²) >= 11 is 0. The standard InChI is InChI=1S/C12H12N2O4/c1-13-6-11(16)14(7-10(13)15)9-4-2-8(3-5-9)12(17)18/h2-5H,6-7H2,1H3,(H,17,18). The average Bonchev–Trinajstić information content (AvgIpc) is 2.34. The Morgan fingerprint density at radius 2 is 1.72 bits per heavy atom. The molecule has 1 fully saturated rings. The van der Waals surface area contributed by atoms with E-state index in [0.717, 1.165) is 0 Å². The minimum atomic E-state index is -1.03. The van der Waals surface area contributed by atoms with Gasteiger partial charge in [0.1, 0.15) is 6.54 Å². The van der Waals surface area contributed by atoms with Gasteiger partial charge in [-0.2, -0.15) is 0 Å². The van der Waals surface area contributed by atoms with Crippen LogP contribution in [0.25, 0.3) is 0 Å². The molecule has 2 amide bonds. The van der Waals surface area contributed by atoms with Crippen LogP contribution in [0.1, 0.15) is 10.4 Å². The van der Waals surface area contributed by atoms with Gasteiger partial charge in [0, 0.05) is 12.7 Å². The second kappa shape index (κ2) is 4.48. The molecule has 1 N–H and O–H groups in total. The highest BCUT2D eigenvalue weighted by Crippen LogP contribution is 2.18. The molecule has 94 valence electrons. The van der Waals surface area contributed by atoms with Crippen molar-refractivity contribution >= 4 is 23.5 Å². The number of anilines is 1. The molecule has 1 aromatic rings. The molecule has 1 aliphatic rings. The molecule has 1 saturated heterocycles. The van der Waals surface area contributed by atoms with Crippen molar-refractivity contribution in [2.45, 2.75) is 0 Å². The lowest BCUT2D eigenvalue weighted by Crippen LogP contribution is -2.52. The van der Waals surface area contributed by atoms with Gasteiger partial charge in [0.2, 0.25) is 11.8 Å². The van der Waals surface area contributed by atoms with Crippen LogP contribution >= 0.6 is 0 Å². The molecule has 0 aromatic heterocycles. The maximum absolute atomic E-state index is 11.8. The van der Waals surface area contributed by atoms with E-state index in [9.17, 15) is 14.4 Å². The van der Waals surface area contributed by atoms with E-state index < -0.39 is 5.97 Å². The smallest absolute Gasteiger partial charge is 0.335 e. The number of aromatic carboxylic acids is 1. The molecule has 6 heteroatoms. The van der Waals surface area contributed by atoms with Crippen LogP contribution in [0.15, 0.2) is 24.3 Å². The van der Waals surface area contributed by atoms with Crippen LogP contribution in [0.4, 0.5) is 5.69 Å². The number of carbonyl (C=O) groups excluding carboxylic acids is 2. The molecule has 1 aliphatic heterocycles. The Morgan fingerprint density at radius 1 is 1.11 bits per heavy atom. The number of piperazine rings is 1. The summed E-state index contributed by atoms with van der Waals surface area (Å²) in [5.74, 6) is -1.35. The van der Waals surface area contributed by atoms with Gasteiger partial charge in [-0.3, -0.25) is 9.59 Å². The second-order valence-electron chi connectivity index (χ2n) is 4.08. The first-order valence-electron chi connectivity index (χ1n) is 5.36. The summed E-state index contributed by atoms with van der Waals surface area (Å²) in [6, 6.07) is 5.88. The molecule has 6 nitrogen and oxygen atoms in total. The number of carbonyl (C=O) groups is 3. The van der Waals surface area contributed by atoms with Gasteiger partial charge in [-0.15, -0.1) is 0 Å². The molecule has 0 aliphatic carbocycles. The van der Waals surface area contributed by atoms with Crippen LogP contribution < -0.4 is 4.90 Å². The molecular formula is C12H12N2O4. The number of rotatable bonds is 2. The van der Waals surface area contributed by atoms with Crippen LogP contribution in [0.5, 0.6) is 0 Å². The molecule has 2 rings (SSSR count). The third-order valence-electron chi connectivity index (χ3n) is 2.82. The number of likely N-dealkylation sites (N-methyl/N-ethyl adjacent to an activating group) is 1. The summed E-state index contributed by atoms with van der Waals surface area (Å²) in [5.41, 5.74) is 0.679. The Labute approximate surface area is 103 Å². The topological polar surface area (TPSA) is 77.9 Å². The van der Waals surface area contributed by atoms with E-state index in [-0.39, 0.29) is 30.5 Å². The van der Waals surface area contributed by atoms with Gasteiger partial charge in [0.05, 0.1) is 12.1 Å². The Hall–Kier alpha value is -2.37. The Balaban J connectivity index is 2.23. The molecule has 0 radical (unpaired) electrons. The van der Waals surface area contributed by atoms with Gasteiger partial charge in [0.15, 0.2) is 0 Å². The quantitative estimate of drug-likeness (QED) is 0.810.